The van der Waals surface area contributed by atoms with Crippen LogP contribution >= 0.6 is 23.2 Å². The van der Waals surface area contributed by atoms with Crippen molar-refractivity contribution in [3.63, 3.8) is 0 Å². The summed E-state index contributed by atoms with van der Waals surface area (Å²) in [7, 11) is -4.25. The molecule has 0 spiro atoms. The molecule has 0 saturated heterocycles. The molecule has 0 unspecified atom stereocenters. The molecule has 7 nitrogen and oxygen atoms in total. The fourth-order valence-corrected chi connectivity index (χ4v) is 7.13. The first-order valence-corrected chi connectivity index (χ1v) is 16.2. The minimum absolute atomic E-state index is 0.00956. The number of benzene rings is 3. The van der Waals surface area contributed by atoms with Gasteiger partial charge in [0.05, 0.1) is 10.6 Å². The molecule has 2 amide bonds. The van der Waals surface area contributed by atoms with Crippen molar-refractivity contribution in [2.75, 3.05) is 10.8 Å². The molecular weight excluding hydrogens is 600 g/mol. The number of halogens is 3. The summed E-state index contributed by atoms with van der Waals surface area (Å²) in [4.78, 5) is 29.1. The third-order valence-electron chi connectivity index (χ3n) is 7.45. The average Bonchev–Trinajstić information content (AvgIpc) is 2.98. The molecule has 0 aliphatic heterocycles. The maximum absolute atomic E-state index is 14.2. The molecule has 1 fully saturated rings. The summed E-state index contributed by atoms with van der Waals surface area (Å²) in [5, 5.41) is 3.73. The van der Waals surface area contributed by atoms with Crippen LogP contribution in [0.2, 0.25) is 10.0 Å². The minimum atomic E-state index is -4.25. The monoisotopic (exact) mass is 633 g/mol. The summed E-state index contributed by atoms with van der Waals surface area (Å²) >= 11 is 12.9. The van der Waals surface area contributed by atoms with Crippen LogP contribution in [0.4, 0.5) is 10.1 Å². The van der Waals surface area contributed by atoms with E-state index < -0.39 is 34.3 Å². The highest BCUT2D eigenvalue weighted by Gasteiger charge is 2.35. The molecule has 1 N–H and O–H groups in total. The van der Waals surface area contributed by atoms with Gasteiger partial charge in [0.25, 0.3) is 10.0 Å². The summed E-state index contributed by atoms with van der Waals surface area (Å²) in [5.74, 6) is -1.51. The lowest BCUT2D eigenvalue weighted by Crippen LogP contribution is -2.54. The summed E-state index contributed by atoms with van der Waals surface area (Å²) in [6.45, 7) is 1.03. The molecule has 1 atom stereocenters. The number of hydrogen-bond donors (Lipinski definition) is 1. The number of anilines is 1. The van der Waals surface area contributed by atoms with Crippen LogP contribution in [-0.4, -0.2) is 43.8 Å². The molecule has 4 rings (SSSR count). The van der Waals surface area contributed by atoms with Gasteiger partial charge in [-0.25, -0.2) is 12.8 Å². The van der Waals surface area contributed by atoms with Gasteiger partial charge in [-0.1, -0.05) is 73.7 Å². The molecule has 0 radical (unpaired) electrons. The lowest BCUT2D eigenvalue weighted by Gasteiger charge is -2.34. The van der Waals surface area contributed by atoms with Crippen molar-refractivity contribution >= 4 is 50.7 Å². The topological polar surface area (TPSA) is 86.8 Å². The summed E-state index contributed by atoms with van der Waals surface area (Å²) in [6.07, 6.45) is 5.15. The second-order valence-corrected chi connectivity index (χ2v) is 13.0. The quantitative estimate of drug-likeness (QED) is 0.258. The highest BCUT2D eigenvalue weighted by Crippen LogP contribution is 2.29. The smallest absolute Gasteiger partial charge is 0.264 e. The van der Waals surface area contributed by atoms with Gasteiger partial charge in [-0.3, -0.25) is 13.9 Å². The van der Waals surface area contributed by atoms with Gasteiger partial charge in [-0.2, -0.15) is 0 Å². The van der Waals surface area contributed by atoms with E-state index in [0.717, 1.165) is 48.5 Å². The first-order valence-electron chi connectivity index (χ1n) is 14.0. The van der Waals surface area contributed by atoms with Crippen LogP contribution in [0, 0.1) is 5.82 Å². The summed E-state index contributed by atoms with van der Waals surface area (Å²) in [6, 6.07) is 16.6. The van der Waals surface area contributed by atoms with E-state index in [2.05, 4.69) is 5.32 Å². The Hall–Kier alpha value is -3.14. The van der Waals surface area contributed by atoms with E-state index in [1.165, 1.54) is 29.2 Å². The third-order valence-corrected chi connectivity index (χ3v) is 9.95. The number of nitrogens with one attached hydrogen (secondary N) is 1. The van der Waals surface area contributed by atoms with Gasteiger partial charge in [-0.05, 0) is 67.8 Å². The van der Waals surface area contributed by atoms with Crippen LogP contribution in [0.1, 0.15) is 51.0 Å². The lowest BCUT2D eigenvalue weighted by molar-refractivity contribution is -0.140. The van der Waals surface area contributed by atoms with Crippen LogP contribution in [-0.2, 0) is 26.2 Å². The van der Waals surface area contributed by atoms with Crippen molar-refractivity contribution in [1.82, 2.24) is 10.2 Å². The number of nitrogens with zero attached hydrogens (tertiary/aromatic N) is 2. The maximum Gasteiger partial charge on any atom is 0.264 e. The van der Waals surface area contributed by atoms with Crippen LogP contribution < -0.4 is 9.62 Å². The first-order chi connectivity index (χ1) is 20.1. The zero-order valence-electron chi connectivity index (χ0n) is 23.3. The summed E-state index contributed by atoms with van der Waals surface area (Å²) < 4.78 is 42.4. The molecule has 1 saturated carbocycles. The molecule has 1 aliphatic rings. The van der Waals surface area contributed by atoms with E-state index in [-0.39, 0.29) is 35.5 Å². The van der Waals surface area contributed by atoms with Crippen molar-refractivity contribution in [1.29, 1.82) is 0 Å². The van der Waals surface area contributed by atoms with Gasteiger partial charge < -0.3 is 10.2 Å². The Labute approximate surface area is 256 Å². The molecular formula is C31H34Cl2FN3O4S. The van der Waals surface area contributed by atoms with Crippen LogP contribution in [0.5, 0.6) is 0 Å². The number of amides is 2. The minimum Gasteiger partial charge on any atom is -0.352 e. The van der Waals surface area contributed by atoms with Gasteiger partial charge in [0.15, 0.2) is 0 Å². The number of carbonyl (C=O) groups excluding carboxylic acids is 2. The molecule has 0 bridgehead atoms. The Bertz CT molecular complexity index is 1460. The van der Waals surface area contributed by atoms with Crippen molar-refractivity contribution in [3.8, 4) is 0 Å². The standard InChI is InChI=1S/C31H34Cl2FN3O4S/c1-2-29(31(39)35-23-10-5-3-6-11-23)36(20-26-27(32)14-9-15-28(26)33)30(38)21-37(24-18-16-22(34)17-19-24)42(40,41)25-12-7-4-8-13-25/h4,7-9,12-19,23,29H,2-3,5-6,10-11,20-21H2,1H3,(H,35,39)/t29-/m1/s1. The molecule has 0 aromatic heterocycles. The fourth-order valence-electron chi connectivity index (χ4n) is 5.17. The number of rotatable bonds is 11. The molecule has 224 valence electrons. The highest BCUT2D eigenvalue weighted by molar-refractivity contribution is 7.92. The SMILES string of the molecule is CC[C@H](C(=O)NC1CCCCC1)N(Cc1c(Cl)cccc1Cl)C(=O)CN(c1ccc(F)cc1)S(=O)(=O)c1ccccc1. The predicted octanol–water partition coefficient (Wildman–Crippen LogP) is 6.58. The molecule has 11 heteroatoms. The Balaban J connectivity index is 1.72. The lowest BCUT2D eigenvalue weighted by atomic mass is 9.95. The summed E-state index contributed by atoms with van der Waals surface area (Å²) in [5.41, 5.74) is 0.543. The van der Waals surface area contributed by atoms with Gasteiger partial charge in [0.1, 0.15) is 18.4 Å². The van der Waals surface area contributed by atoms with E-state index in [4.69, 9.17) is 23.2 Å². The molecule has 0 heterocycles. The van der Waals surface area contributed by atoms with Crippen LogP contribution in [0.3, 0.4) is 0 Å². The average molecular weight is 635 g/mol. The Morgan fingerprint density at radius 3 is 2.14 bits per heavy atom. The van der Waals surface area contributed by atoms with E-state index in [9.17, 15) is 22.4 Å². The normalized spacial score (nSPS) is 14.7. The second kappa shape index (κ2) is 14.4. The van der Waals surface area contributed by atoms with E-state index >= 15 is 0 Å². The number of sulfonamides is 1. The van der Waals surface area contributed by atoms with Gasteiger partial charge in [-0.15, -0.1) is 0 Å². The largest absolute Gasteiger partial charge is 0.352 e. The van der Waals surface area contributed by atoms with Crippen molar-refractivity contribution in [3.05, 3.63) is 94.2 Å². The zero-order chi connectivity index (χ0) is 30.3. The van der Waals surface area contributed by atoms with Crippen LogP contribution in [0.25, 0.3) is 0 Å². The van der Waals surface area contributed by atoms with Crippen molar-refractivity contribution in [2.24, 2.45) is 0 Å². The number of carbonyl (C=O) groups is 2. The second-order valence-electron chi connectivity index (χ2n) is 10.3. The van der Waals surface area contributed by atoms with Gasteiger partial charge in [0.2, 0.25) is 11.8 Å². The zero-order valence-corrected chi connectivity index (χ0v) is 25.6. The van der Waals surface area contributed by atoms with Crippen molar-refractivity contribution < 1.29 is 22.4 Å². The molecule has 3 aromatic carbocycles. The van der Waals surface area contributed by atoms with E-state index in [1.54, 1.807) is 43.3 Å². The van der Waals surface area contributed by atoms with Gasteiger partial charge >= 0.3 is 0 Å². The Morgan fingerprint density at radius 1 is 0.929 bits per heavy atom. The highest BCUT2D eigenvalue weighted by atomic mass is 35.5. The van der Waals surface area contributed by atoms with Crippen molar-refractivity contribution in [2.45, 2.75) is 69.0 Å². The van der Waals surface area contributed by atoms with E-state index in [0.29, 0.717) is 15.6 Å². The third kappa shape index (κ3) is 7.62. The van der Waals surface area contributed by atoms with Crippen LogP contribution in [0.15, 0.2) is 77.7 Å². The fraction of sp³-hybridized carbons (Fsp3) is 0.355. The van der Waals surface area contributed by atoms with E-state index in [1.807, 2.05) is 0 Å². The Morgan fingerprint density at radius 2 is 1.55 bits per heavy atom. The number of hydrogen-bond acceptors (Lipinski definition) is 4. The molecule has 42 heavy (non-hydrogen) atoms. The van der Waals surface area contributed by atoms with Gasteiger partial charge in [0, 0.05) is 28.2 Å². The molecule has 3 aromatic rings. The molecule has 1 aliphatic carbocycles. The Kier molecular flexibility index (Phi) is 10.9. The first kappa shape index (κ1) is 31.8. The maximum atomic E-state index is 14.2. The predicted molar refractivity (Wildman–Crippen MR) is 163 cm³/mol.